The fourth-order valence-electron chi connectivity index (χ4n) is 2.05. The van der Waals surface area contributed by atoms with Crippen molar-refractivity contribution in [2.45, 2.75) is 56.8 Å². The van der Waals surface area contributed by atoms with Crippen LogP contribution in [0.3, 0.4) is 0 Å². The molecule has 0 aromatic carbocycles. The van der Waals surface area contributed by atoms with Crippen LogP contribution in [0.2, 0.25) is 0 Å². The molecule has 0 spiro atoms. The van der Waals surface area contributed by atoms with Crippen molar-refractivity contribution >= 4 is 23.1 Å². The molecule has 1 aromatic heterocycles. The summed E-state index contributed by atoms with van der Waals surface area (Å²) in [6, 6.07) is 4.24. The molecule has 20 heavy (non-hydrogen) atoms. The van der Waals surface area contributed by atoms with E-state index >= 15 is 0 Å². The van der Waals surface area contributed by atoms with Crippen LogP contribution < -0.4 is 0 Å². The Hall–Kier alpha value is -0.0300. The van der Waals surface area contributed by atoms with Crippen LogP contribution in [0, 0.1) is 0 Å². The van der Waals surface area contributed by atoms with Crippen LogP contribution in [-0.4, -0.2) is 35.4 Å². The molecule has 0 saturated heterocycles. The van der Waals surface area contributed by atoms with Crippen molar-refractivity contribution in [3.8, 4) is 0 Å². The zero-order valence-electron chi connectivity index (χ0n) is 13.1. The largest absolute Gasteiger partial charge is 0.388 e. The second-order valence-electron chi connectivity index (χ2n) is 5.10. The summed E-state index contributed by atoms with van der Waals surface area (Å²) in [4.78, 5) is 3.56. The fourth-order valence-corrected chi connectivity index (χ4v) is 4.15. The summed E-state index contributed by atoms with van der Waals surface area (Å²) in [5.74, 6) is 1.16. The lowest BCUT2D eigenvalue weighted by atomic mass is 10.2. The van der Waals surface area contributed by atoms with E-state index in [1.54, 1.807) is 11.3 Å². The molecule has 0 aliphatic rings. The molecular weight excluding hydrogens is 286 g/mol. The Morgan fingerprint density at radius 2 is 2.00 bits per heavy atom. The van der Waals surface area contributed by atoms with Gasteiger partial charge in [0.25, 0.3) is 0 Å². The monoisotopic (exact) mass is 315 g/mol. The molecular formula is C16H29NOS2. The van der Waals surface area contributed by atoms with E-state index in [9.17, 15) is 5.11 Å². The lowest BCUT2D eigenvalue weighted by Gasteiger charge is -2.21. The summed E-state index contributed by atoms with van der Waals surface area (Å²) in [6.07, 6.45) is 4.23. The molecule has 1 aromatic rings. The van der Waals surface area contributed by atoms with Crippen molar-refractivity contribution in [1.82, 2.24) is 4.90 Å². The van der Waals surface area contributed by atoms with E-state index in [2.05, 4.69) is 37.8 Å². The zero-order valence-corrected chi connectivity index (χ0v) is 14.7. The van der Waals surface area contributed by atoms with E-state index in [4.69, 9.17) is 0 Å². The molecule has 116 valence electrons. The summed E-state index contributed by atoms with van der Waals surface area (Å²) < 4.78 is 1.33. The summed E-state index contributed by atoms with van der Waals surface area (Å²) in [5, 5.41) is 10.3. The summed E-state index contributed by atoms with van der Waals surface area (Å²) in [5.41, 5.74) is 0. The van der Waals surface area contributed by atoms with Crippen LogP contribution >= 0.6 is 23.1 Å². The minimum atomic E-state index is -0.299. The van der Waals surface area contributed by atoms with Gasteiger partial charge in [-0.2, -0.15) is 0 Å². The molecule has 0 aliphatic carbocycles. The molecule has 0 saturated carbocycles. The Morgan fingerprint density at radius 3 is 2.65 bits per heavy atom. The second-order valence-corrected chi connectivity index (χ2v) is 7.61. The first-order chi connectivity index (χ1) is 9.71. The van der Waals surface area contributed by atoms with E-state index in [-0.39, 0.29) is 6.10 Å². The maximum Gasteiger partial charge on any atom is 0.0894 e. The summed E-state index contributed by atoms with van der Waals surface area (Å²) in [6.45, 7) is 9.85. The van der Waals surface area contributed by atoms with Gasteiger partial charge in [-0.15, -0.1) is 23.1 Å². The maximum absolute atomic E-state index is 10.3. The topological polar surface area (TPSA) is 23.5 Å². The molecule has 0 fully saturated rings. The van der Waals surface area contributed by atoms with Gasteiger partial charge >= 0.3 is 0 Å². The van der Waals surface area contributed by atoms with Crippen molar-refractivity contribution in [3.63, 3.8) is 0 Å². The number of nitrogens with zero attached hydrogens (tertiary/aromatic N) is 1. The van der Waals surface area contributed by atoms with E-state index in [0.717, 1.165) is 36.7 Å². The molecule has 1 unspecified atom stereocenters. The zero-order chi connectivity index (χ0) is 14.8. The summed E-state index contributed by atoms with van der Waals surface area (Å²) in [7, 11) is 0. The van der Waals surface area contributed by atoms with Crippen LogP contribution in [0.15, 0.2) is 16.3 Å². The van der Waals surface area contributed by atoms with E-state index < -0.39 is 0 Å². The highest BCUT2D eigenvalue weighted by Crippen LogP contribution is 2.32. The molecule has 1 atom stereocenters. The summed E-state index contributed by atoms with van der Waals surface area (Å²) >= 11 is 3.65. The lowest BCUT2D eigenvalue weighted by Crippen LogP contribution is -2.26. The first-order valence-electron chi connectivity index (χ1n) is 7.84. The van der Waals surface area contributed by atoms with Crippen LogP contribution in [0.25, 0.3) is 0 Å². The Balaban J connectivity index is 2.37. The van der Waals surface area contributed by atoms with Crippen molar-refractivity contribution in [2.24, 2.45) is 0 Å². The van der Waals surface area contributed by atoms with Gasteiger partial charge < -0.3 is 10.0 Å². The minimum absolute atomic E-state index is 0.299. The van der Waals surface area contributed by atoms with Crippen molar-refractivity contribution in [1.29, 1.82) is 0 Å². The second kappa shape index (κ2) is 10.7. The number of hydrogen-bond donors (Lipinski definition) is 1. The molecule has 1 N–H and O–H groups in total. The van der Waals surface area contributed by atoms with Gasteiger partial charge in [-0.05, 0) is 50.2 Å². The number of thiophene rings is 1. The molecule has 1 heterocycles. The van der Waals surface area contributed by atoms with E-state index in [1.807, 2.05) is 11.8 Å². The molecule has 4 heteroatoms. The molecule has 1 rings (SSSR count). The Labute approximate surface area is 132 Å². The van der Waals surface area contributed by atoms with Gasteiger partial charge in [0.1, 0.15) is 0 Å². The SMILES string of the molecule is CCCCN(CC)CCC(O)c1ccc(SCCC)s1. The van der Waals surface area contributed by atoms with Gasteiger partial charge in [-0.1, -0.05) is 27.2 Å². The van der Waals surface area contributed by atoms with Crippen LogP contribution in [0.1, 0.15) is 57.4 Å². The number of hydrogen-bond acceptors (Lipinski definition) is 4. The lowest BCUT2D eigenvalue weighted by molar-refractivity contribution is 0.146. The van der Waals surface area contributed by atoms with Gasteiger partial charge in [-0.3, -0.25) is 0 Å². The van der Waals surface area contributed by atoms with Gasteiger partial charge in [0, 0.05) is 11.4 Å². The highest BCUT2D eigenvalue weighted by molar-refractivity contribution is 8.01. The standard InChI is InChI=1S/C16H29NOS2/c1-4-7-11-17(6-3)12-10-14(18)15-8-9-16(20-15)19-13-5-2/h8-9,14,18H,4-7,10-13H2,1-3H3. The van der Waals surface area contributed by atoms with Crippen molar-refractivity contribution < 1.29 is 5.11 Å². The maximum atomic E-state index is 10.3. The predicted octanol–water partition coefficient (Wildman–Crippen LogP) is 4.80. The molecule has 0 aliphatic heterocycles. The number of unbranched alkanes of at least 4 members (excludes halogenated alkanes) is 1. The number of aliphatic hydroxyl groups excluding tert-OH is 1. The van der Waals surface area contributed by atoms with Gasteiger partial charge in [0.2, 0.25) is 0 Å². The molecule has 0 radical (unpaired) electrons. The van der Waals surface area contributed by atoms with Gasteiger partial charge in [0.05, 0.1) is 10.3 Å². The van der Waals surface area contributed by atoms with E-state index in [1.165, 1.54) is 23.5 Å². The highest BCUT2D eigenvalue weighted by atomic mass is 32.2. The fraction of sp³-hybridized carbons (Fsp3) is 0.750. The Kier molecular flexibility index (Phi) is 9.61. The van der Waals surface area contributed by atoms with Gasteiger partial charge in [0.15, 0.2) is 0 Å². The number of thioether (sulfide) groups is 1. The molecule has 0 bridgehead atoms. The van der Waals surface area contributed by atoms with Crippen molar-refractivity contribution in [3.05, 3.63) is 17.0 Å². The Morgan fingerprint density at radius 1 is 1.20 bits per heavy atom. The smallest absolute Gasteiger partial charge is 0.0894 e. The Bertz CT molecular complexity index is 354. The average molecular weight is 316 g/mol. The highest BCUT2D eigenvalue weighted by Gasteiger charge is 2.12. The average Bonchev–Trinajstić information content (AvgIpc) is 2.94. The first-order valence-corrected chi connectivity index (χ1v) is 9.64. The van der Waals surface area contributed by atoms with Crippen LogP contribution in [0.4, 0.5) is 0 Å². The van der Waals surface area contributed by atoms with E-state index in [0.29, 0.717) is 0 Å². The first kappa shape index (κ1) is 18.0. The number of rotatable bonds is 11. The third kappa shape index (κ3) is 6.61. The molecule has 0 amide bonds. The third-order valence-electron chi connectivity index (χ3n) is 3.37. The minimum Gasteiger partial charge on any atom is -0.388 e. The third-order valence-corrected chi connectivity index (χ3v) is 5.99. The quantitative estimate of drug-likeness (QED) is 0.594. The number of aliphatic hydroxyl groups is 1. The van der Waals surface area contributed by atoms with Crippen LogP contribution in [-0.2, 0) is 0 Å². The van der Waals surface area contributed by atoms with Crippen molar-refractivity contribution in [2.75, 3.05) is 25.4 Å². The van der Waals surface area contributed by atoms with Crippen LogP contribution in [0.5, 0.6) is 0 Å². The predicted molar refractivity (Wildman–Crippen MR) is 91.9 cm³/mol. The van der Waals surface area contributed by atoms with Gasteiger partial charge in [-0.25, -0.2) is 0 Å². The normalized spacial score (nSPS) is 13.1. The molecule has 2 nitrogen and oxygen atoms in total.